The Hall–Kier alpha value is -4.00. The number of rotatable bonds is 5. The van der Waals surface area contributed by atoms with E-state index < -0.39 is 5.91 Å². The molecule has 0 saturated heterocycles. The van der Waals surface area contributed by atoms with Crippen molar-refractivity contribution in [3.05, 3.63) is 94.8 Å². The first kappa shape index (κ1) is 19.3. The van der Waals surface area contributed by atoms with Gasteiger partial charge in [0.1, 0.15) is 17.3 Å². The van der Waals surface area contributed by atoms with E-state index in [2.05, 4.69) is 5.32 Å². The molecule has 150 valence electrons. The zero-order chi connectivity index (χ0) is 21.3. The summed E-state index contributed by atoms with van der Waals surface area (Å²) in [5, 5.41) is 2.79. The average molecular weight is 404 g/mol. The van der Waals surface area contributed by atoms with Crippen molar-refractivity contribution in [3.8, 4) is 11.5 Å². The first-order valence-corrected chi connectivity index (χ1v) is 9.19. The second kappa shape index (κ2) is 7.79. The Morgan fingerprint density at radius 3 is 2.17 bits per heavy atom. The Morgan fingerprint density at radius 2 is 1.50 bits per heavy atom. The second-order valence-electron chi connectivity index (χ2n) is 6.81. The summed E-state index contributed by atoms with van der Waals surface area (Å²) in [7, 11) is 1.41. The molecule has 0 bridgehead atoms. The summed E-state index contributed by atoms with van der Waals surface area (Å²) in [6.45, 7) is 0.277. The van der Waals surface area contributed by atoms with Crippen LogP contribution in [0.3, 0.4) is 0 Å². The smallest absolute Gasteiger partial charge is 0.261 e. The van der Waals surface area contributed by atoms with Gasteiger partial charge in [0.25, 0.3) is 17.7 Å². The monoisotopic (exact) mass is 404 g/mol. The van der Waals surface area contributed by atoms with Gasteiger partial charge in [0.15, 0.2) is 0 Å². The number of ether oxygens (including phenoxy) is 1. The fourth-order valence-electron chi connectivity index (χ4n) is 3.10. The van der Waals surface area contributed by atoms with Crippen molar-refractivity contribution in [1.82, 2.24) is 10.2 Å². The number of amides is 3. The molecule has 1 aliphatic heterocycles. The fraction of sp³-hybridized carbons (Fsp3) is 0.0870. The van der Waals surface area contributed by atoms with Gasteiger partial charge in [-0.1, -0.05) is 12.1 Å². The normalized spacial score (nSPS) is 12.7. The topological polar surface area (TPSA) is 75.7 Å². The number of hydrogen-bond acceptors (Lipinski definition) is 4. The van der Waals surface area contributed by atoms with Crippen LogP contribution in [0.15, 0.2) is 66.7 Å². The van der Waals surface area contributed by atoms with Gasteiger partial charge in [0, 0.05) is 19.2 Å². The fourth-order valence-corrected chi connectivity index (χ4v) is 3.10. The molecule has 0 radical (unpaired) electrons. The molecule has 0 saturated carbocycles. The summed E-state index contributed by atoms with van der Waals surface area (Å²) >= 11 is 0. The minimum Gasteiger partial charge on any atom is -0.457 e. The molecular formula is C23H17FN2O4. The van der Waals surface area contributed by atoms with Gasteiger partial charge in [-0.05, 0) is 60.2 Å². The molecule has 3 amide bonds. The quantitative estimate of drug-likeness (QED) is 0.657. The van der Waals surface area contributed by atoms with E-state index in [0.717, 1.165) is 10.5 Å². The maximum atomic E-state index is 12.9. The Labute approximate surface area is 171 Å². The summed E-state index contributed by atoms with van der Waals surface area (Å²) in [4.78, 5) is 37.5. The molecular weight excluding hydrogens is 387 g/mol. The number of nitrogens with one attached hydrogen (secondary N) is 1. The molecule has 0 aliphatic carbocycles. The molecule has 30 heavy (non-hydrogen) atoms. The van der Waals surface area contributed by atoms with E-state index in [-0.39, 0.29) is 29.7 Å². The van der Waals surface area contributed by atoms with Crippen molar-refractivity contribution >= 4 is 17.7 Å². The Morgan fingerprint density at radius 1 is 0.900 bits per heavy atom. The third-order valence-electron chi connectivity index (χ3n) is 4.78. The van der Waals surface area contributed by atoms with E-state index >= 15 is 0 Å². The number of carbonyl (C=O) groups excluding carboxylic acids is 3. The molecule has 0 spiro atoms. The molecule has 1 aliphatic rings. The van der Waals surface area contributed by atoms with Gasteiger partial charge in [-0.15, -0.1) is 0 Å². The summed E-state index contributed by atoms with van der Waals surface area (Å²) in [6, 6.07) is 17.3. The molecule has 7 heteroatoms. The zero-order valence-electron chi connectivity index (χ0n) is 16.0. The van der Waals surface area contributed by atoms with E-state index in [1.165, 1.54) is 49.5 Å². The maximum Gasteiger partial charge on any atom is 0.261 e. The van der Waals surface area contributed by atoms with Crippen LogP contribution in [0.1, 0.15) is 36.6 Å². The van der Waals surface area contributed by atoms with E-state index in [0.29, 0.717) is 22.6 Å². The first-order chi connectivity index (χ1) is 14.4. The molecule has 6 nitrogen and oxygen atoms in total. The second-order valence-corrected chi connectivity index (χ2v) is 6.81. The minimum absolute atomic E-state index is 0.234. The molecule has 1 N–H and O–H groups in total. The number of fused-ring (bicyclic) bond motifs is 1. The highest BCUT2D eigenvalue weighted by Crippen LogP contribution is 2.23. The van der Waals surface area contributed by atoms with Gasteiger partial charge >= 0.3 is 0 Å². The SMILES string of the molecule is CN1C(=O)c2ccc(C(=O)NCc3ccc(Oc4ccc(F)cc4)cc3)cc2C1=O. The molecule has 0 fully saturated rings. The van der Waals surface area contributed by atoms with Crippen LogP contribution in [0.2, 0.25) is 0 Å². The van der Waals surface area contributed by atoms with E-state index in [1.54, 1.807) is 24.3 Å². The molecule has 0 unspecified atom stereocenters. The van der Waals surface area contributed by atoms with E-state index in [4.69, 9.17) is 4.74 Å². The van der Waals surface area contributed by atoms with Crippen molar-refractivity contribution < 1.29 is 23.5 Å². The highest BCUT2D eigenvalue weighted by molar-refractivity contribution is 6.21. The molecule has 4 rings (SSSR count). The number of benzene rings is 3. The lowest BCUT2D eigenvalue weighted by atomic mass is 10.1. The number of imide groups is 1. The molecule has 0 atom stereocenters. The molecule has 1 heterocycles. The summed E-state index contributed by atoms with van der Waals surface area (Å²) < 4.78 is 18.6. The van der Waals surface area contributed by atoms with Gasteiger partial charge in [-0.25, -0.2) is 4.39 Å². The molecule has 0 aromatic heterocycles. The maximum absolute atomic E-state index is 12.9. The third kappa shape index (κ3) is 3.77. The van der Waals surface area contributed by atoms with Crippen LogP contribution in [0.5, 0.6) is 11.5 Å². The molecule has 3 aromatic rings. The summed E-state index contributed by atoms with van der Waals surface area (Å²) in [5.41, 5.74) is 1.69. The van der Waals surface area contributed by atoms with Crippen LogP contribution >= 0.6 is 0 Å². The highest BCUT2D eigenvalue weighted by Gasteiger charge is 2.33. The van der Waals surface area contributed by atoms with Crippen LogP contribution in [-0.2, 0) is 6.54 Å². The van der Waals surface area contributed by atoms with Crippen LogP contribution in [-0.4, -0.2) is 29.7 Å². The lowest BCUT2D eigenvalue weighted by Crippen LogP contribution is -2.24. The predicted molar refractivity (Wildman–Crippen MR) is 107 cm³/mol. The van der Waals surface area contributed by atoms with Crippen molar-refractivity contribution in [2.45, 2.75) is 6.54 Å². The number of halogens is 1. The Bertz CT molecular complexity index is 1140. The van der Waals surface area contributed by atoms with E-state index in [9.17, 15) is 18.8 Å². The number of hydrogen-bond donors (Lipinski definition) is 1. The Balaban J connectivity index is 1.38. The van der Waals surface area contributed by atoms with Gasteiger partial charge in [0.05, 0.1) is 11.1 Å². The largest absolute Gasteiger partial charge is 0.457 e. The van der Waals surface area contributed by atoms with Crippen LogP contribution in [0.4, 0.5) is 4.39 Å². The first-order valence-electron chi connectivity index (χ1n) is 9.19. The van der Waals surface area contributed by atoms with Gasteiger partial charge in [0.2, 0.25) is 0 Å². The number of nitrogens with zero attached hydrogens (tertiary/aromatic N) is 1. The predicted octanol–water partition coefficient (Wildman–Crippen LogP) is 3.77. The standard InChI is InChI=1S/C23H17FN2O4/c1-26-22(28)19-11-4-15(12-20(19)23(26)29)21(27)25-13-14-2-7-17(8-3-14)30-18-9-5-16(24)6-10-18/h2-12H,13H2,1H3,(H,25,27). The zero-order valence-corrected chi connectivity index (χ0v) is 16.0. The van der Waals surface area contributed by atoms with Crippen molar-refractivity contribution in [2.24, 2.45) is 0 Å². The summed E-state index contributed by atoms with van der Waals surface area (Å²) in [5.74, 6) is -0.360. The molecule has 3 aromatic carbocycles. The summed E-state index contributed by atoms with van der Waals surface area (Å²) in [6.07, 6.45) is 0. The van der Waals surface area contributed by atoms with Crippen molar-refractivity contribution in [3.63, 3.8) is 0 Å². The lowest BCUT2D eigenvalue weighted by molar-refractivity contribution is 0.0693. The van der Waals surface area contributed by atoms with Gasteiger partial charge < -0.3 is 10.1 Å². The average Bonchev–Trinajstić information content (AvgIpc) is 2.98. The number of carbonyl (C=O) groups is 3. The lowest BCUT2D eigenvalue weighted by Gasteiger charge is -2.08. The van der Waals surface area contributed by atoms with Gasteiger partial charge in [-0.3, -0.25) is 19.3 Å². The highest BCUT2D eigenvalue weighted by atomic mass is 19.1. The Kier molecular flexibility index (Phi) is 5.02. The van der Waals surface area contributed by atoms with Crippen LogP contribution < -0.4 is 10.1 Å². The van der Waals surface area contributed by atoms with Gasteiger partial charge in [-0.2, -0.15) is 0 Å². The minimum atomic E-state index is -0.415. The van der Waals surface area contributed by atoms with Crippen molar-refractivity contribution in [1.29, 1.82) is 0 Å². The third-order valence-corrected chi connectivity index (χ3v) is 4.78. The van der Waals surface area contributed by atoms with Crippen LogP contribution in [0, 0.1) is 5.82 Å². The van der Waals surface area contributed by atoms with Crippen molar-refractivity contribution in [2.75, 3.05) is 7.05 Å². The van der Waals surface area contributed by atoms with E-state index in [1.807, 2.05) is 0 Å². The van der Waals surface area contributed by atoms with Crippen LogP contribution in [0.25, 0.3) is 0 Å².